The highest BCUT2D eigenvalue weighted by atomic mass is 32.1. The molecule has 1 aliphatic carbocycles. The minimum atomic E-state index is 0.280. The highest BCUT2D eigenvalue weighted by Gasteiger charge is 2.41. The first kappa shape index (κ1) is 13.1. The summed E-state index contributed by atoms with van der Waals surface area (Å²) in [5.74, 6) is 1.50. The van der Waals surface area contributed by atoms with Crippen molar-refractivity contribution in [3.63, 3.8) is 0 Å². The second kappa shape index (κ2) is 5.63. The van der Waals surface area contributed by atoms with Gasteiger partial charge in [0.1, 0.15) is 0 Å². The van der Waals surface area contributed by atoms with Gasteiger partial charge in [-0.05, 0) is 41.1 Å². The van der Waals surface area contributed by atoms with Crippen LogP contribution >= 0.6 is 11.3 Å². The van der Waals surface area contributed by atoms with Crippen LogP contribution in [0, 0.1) is 11.8 Å². The molecule has 2 heterocycles. The van der Waals surface area contributed by atoms with Gasteiger partial charge in [-0.2, -0.15) is 11.3 Å². The summed E-state index contributed by atoms with van der Waals surface area (Å²) in [4.78, 5) is 14.4. The number of carbonyl (C=O) groups excluding carboxylic acids is 1. The fraction of sp³-hybridized carbons (Fsp3) is 0.667. The summed E-state index contributed by atoms with van der Waals surface area (Å²) in [5, 5.41) is 4.10. The van der Waals surface area contributed by atoms with Crippen LogP contribution in [0.25, 0.3) is 0 Å². The Morgan fingerprint density at radius 2 is 2.37 bits per heavy atom. The van der Waals surface area contributed by atoms with Gasteiger partial charge in [0.25, 0.3) is 0 Å². The minimum Gasteiger partial charge on any atom is -0.381 e. The molecule has 2 fully saturated rings. The van der Waals surface area contributed by atoms with Gasteiger partial charge < -0.3 is 9.64 Å². The van der Waals surface area contributed by atoms with Gasteiger partial charge in [0, 0.05) is 26.1 Å². The van der Waals surface area contributed by atoms with Crippen molar-refractivity contribution in [1.82, 2.24) is 4.90 Å². The number of fused-ring (bicyclic) bond motifs is 1. The van der Waals surface area contributed by atoms with Gasteiger partial charge in [0.05, 0.1) is 12.5 Å². The monoisotopic (exact) mass is 279 g/mol. The van der Waals surface area contributed by atoms with E-state index in [0.29, 0.717) is 24.4 Å². The average Bonchev–Trinajstić information content (AvgIpc) is 3.06. The van der Waals surface area contributed by atoms with E-state index >= 15 is 0 Å². The van der Waals surface area contributed by atoms with E-state index in [-0.39, 0.29) is 5.91 Å². The zero-order valence-electron chi connectivity index (χ0n) is 11.4. The zero-order chi connectivity index (χ0) is 13.2. The highest BCUT2D eigenvalue weighted by molar-refractivity contribution is 7.07. The van der Waals surface area contributed by atoms with Gasteiger partial charge in [0.15, 0.2) is 0 Å². The van der Waals surface area contributed by atoms with Gasteiger partial charge >= 0.3 is 0 Å². The lowest BCUT2D eigenvalue weighted by Gasteiger charge is -2.31. The molecule has 0 radical (unpaired) electrons. The maximum absolute atomic E-state index is 12.3. The second-order valence-corrected chi connectivity index (χ2v) is 6.52. The number of rotatable bonds is 3. The van der Waals surface area contributed by atoms with Crippen LogP contribution in [0.5, 0.6) is 0 Å². The van der Waals surface area contributed by atoms with Crippen molar-refractivity contribution in [1.29, 1.82) is 0 Å². The SMILES string of the molecule is CO[C@@H]1CCC[C@@H]2CN(C(=O)Cc3ccsc3)C[C@@H]21. The van der Waals surface area contributed by atoms with Gasteiger partial charge in [-0.25, -0.2) is 0 Å². The molecule has 4 heteroatoms. The topological polar surface area (TPSA) is 29.5 Å². The van der Waals surface area contributed by atoms with Crippen molar-refractivity contribution >= 4 is 17.2 Å². The first-order valence-corrected chi connectivity index (χ1v) is 8.04. The second-order valence-electron chi connectivity index (χ2n) is 5.74. The molecule has 0 spiro atoms. The van der Waals surface area contributed by atoms with E-state index in [1.165, 1.54) is 12.8 Å². The number of nitrogens with zero attached hydrogens (tertiary/aromatic N) is 1. The Morgan fingerprint density at radius 1 is 1.47 bits per heavy atom. The summed E-state index contributed by atoms with van der Waals surface area (Å²) in [5.41, 5.74) is 1.15. The van der Waals surface area contributed by atoms with Crippen LogP contribution in [0.15, 0.2) is 16.8 Å². The highest BCUT2D eigenvalue weighted by Crippen LogP contribution is 2.37. The predicted octanol–water partition coefficient (Wildman–Crippen LogP) is 2.56. The van der Waals surface area contributed by atoms with Crippen LogP contribution in [0.4, 0.5) is 0 Å². The van der Waals surface area contributed by atoms with Crippen molar-refractivity contribution in [3.05, 3.63) is 22.4 Å². The smallest absolute Gasteiger partial charge is 0.227 e. The van der Waals surface area contributed by atoms with E-state index in [9.17, 15) is 4.79 Å². The van der Waals surface area contributed by atoms with Crippen LogP contribution in [-0.4, -0.2) is 37.1 Å². The minimum absolute atomic E-state index is 0.280. The molecule has 0 N–H and O–H groups in total. The number of likely N-dealkylation sites (tertiary alicyclic amines) is 1. The van der Waals surface area contributed by atoms with Crippen LogP contribution in [-0.2, 0) is 16.0 Å². The lowest BCUT2D eigenvalue weighted by molar-refractivity contribution is -0.129. The summed E-state index contributed by atoms with van der Waals surface area (Å²) >= 11 is 1.66. The molecule has 3 rings (SSSR count). The van der Waals surface area contributed by atoms with Crippen molar-refractivity contribution in [2.75, 3.05) is 20.2 Å². The summed E-state index contributed by atoms with van der Waals surface area (Å²) in [6.07, 6.45) is 4.57. The number of amides is 1. The molecule has 0 aromatic carbocycles. The molecule has 19 heavy (non-hydrogen) atoms. The molecule has 1 amide bonds. The number of methoxy groups -OCH3 is 1. The van der Waals surface area contributed by atoms with Gasteiger partial charge in [-0.3, -0.25) is 4.79 Å². The molecular weight excluding hydrogens is 258 g/mol. The Labute approximate surface area is 118 Å². The van der Waals surface area contributed by atoms with Crippen molar-refractivity contribution in [2.45, 2.75) is 31.8 Å². The third-order valence-electron chi connectivity index (χ3n) is 4.62. The Balaban J connectivity index is 1.62. The first-order valence-electron chi connectivity index (χ1n) is 7.09. The number of hydrogen-bond acceptors (Lipinski definition) is 3. The molecule has 104 valence electrons. The fourth-order valence-corrected chi connectivity index (χ4v) is 4.26. The Bertz CT molecular complexity index is 431. The van der Waals surface area contributed by atoms with E-state index in [0.717, 1.165) is 25.1 Å². The van der Waals surface area contributed by atoms with E-state index in [4.69, 9.17) is 4.74 Å². The largest absolute Gasteiger partial charge is 0.381 e. The maximum atomic E-state index is 12.3. The van der Waals surface area contributed by atoms with Gasteiger partial charge in [-0.15, -0.1) is 0 Å². The third kappa shape index (κ3) is 2.70. The molecule has 3 atom stereocenters. The Kier molecular flexibility index (Phi) is 3.89. The molecule has 0 unspecified atom stereocenters. The van der Waals surface area contributed by atoms with E-state index in [1.54, 1.807) is 11.3 Å². The molecule has 2 aliphatic rings. The Hall–Kier alpha value is -0.870. The molecule has 0 bridgehead atoms. The fourth-order valence-electron chi connectivity index (χ4n) is 3.59. The van der Waals surface area contributed by atoms with Gasteiger partial charge in [0.2, 0.25) is 5.91 Å². The normalized spacial score (nSPS) is 30.4. The lowest BCUT2D eigenvalue weighted by atomic mass is 9.79. The van der Waals surface area contributed by atoms with Crippen LogP contribution in [0.1, 0.15) is 24.8 Å². The number of ether oxygens (including phenoxy) is 1. The summed E-state index contributed by atoms with van der Waals surface area (Å²) in [7, 11) is 1.81. The molecule has 1 aliphatic heterocycles. The average molecular weight is 279 g/mol. The summed E-state index contributed by atoms with van der Waals surface area (Å²) in [6, 6.07) is 2.05. The van der Waals surface area contributed by atoms with Crippen LogP contribution in [0.2, 0.25) is 0 Å². The molecule has 1 aromatic heterocycles. The molecule has 3 nitrogen and oxygen atoms in total. The summed E-state index contributed by atoms with van der Waals surface area (Å²) in [6.45, 7) is 1.83. The molecule has 1 saturated carbocycles. The van der Waals surface area contributed by atoms with E-state index in [1.807, 2.05) is 18.6 Å². The van der Waals surface area contributed by atoms with Crippen LogP contribution < -0.4 is 0 Å². The lowest BCUT2D eigenvalue weighted by Crippen LogP contribution is -2.34. The van der Waals surface area contributed by atoms with E-state index < -0.39 is 0 Å². The number of thiophene rings is 1. The molecular formula is C15H21NO2S. The maximum Gasteiger partial charge on any atom is 0.227 e. The number of carbonyl (C=O) groups is 1. The van der Waals surface area contributed by atoms with Crippen molar-refractivity contribution in [2.24, 2.45) is 11.8 Å². The van der Waals surface area contributed by atoms with Gasteiger partial charge in [-0.1, -0.05) is 6.42 Å². The predicted molar refractivity (Wildman–Crippen MR) is 76.2 cm³/mol. The molecule has 1 saturated heterocycles. The van der Waals surface area contributed by atoms with E-state index in [2.05, 4.69) is 10.3 Å². The Morgan fingerprint density at radius 3 is 3.11 bits per heavy atom. The summed E-state index contributed by atoms with van der Waals surface area (Å²) < 4.78 is 5.60. The standard InChI is InChI=1S/C15H21NO2S/c1-18-14-4-2-3-12-8-16(9-13(12)14)15(17)7-11-5-6-19-10-11/h5-6,10,12-14H,2-4,7-9H2,1H3/t12-,13+,14-/m1/s1. The van der Waals surface area contributed by atoms with Crippen LogP contribution in [0.3, 0.4) is 0 Å². The molecule has 1 aromatic rings. The van der Waals surface area contributed by atoms with Crippen molar-refractivity contribution in [3.8, 4) is 0 Å². The quantitative estimate of drug-likeness (QED) is 0.851. The zero-order valence-corrected chi connectivity index (χ0v) is 12.2. The van der Waals surface area contributed by atoms with Crippen molar-refractivity contribution < 1.29 is 9.53 Å². The first-order chi connectivity index (χ1) is 9.28. The third-order valence-corrected chi connectivity index (χ3v) is 5.36. The number of hydrogen-bond donors (Lipinski definition) is 0.